The van der Waals surface area contributed by atoms with Crippen molar-refractivity contribution in [2.45, 2.75) is 32.1 Å². The van der Waals surface area contributed by atoms with E-state index >= 15 is 0 Å². The van der Waals surface area contributed by atoms with Gasteiger partial charge in [0.2, 0.25) is 5.91 Å². The van der Waals surface area contributed by atoms with Gasteiger partial charge in [0.15, 0.2) is 0 Å². The quantitative estimate of drug-likeness (QED) is 0.709. The minimum absolute atomic E-state index is 0.120. The van der Waals surface area contributed by atoms with Crippen LogP contribution in [-0.2, 0) is 4.79 Å². The highest BCUT2D eigenvalue weighted by atomic mass is 16.1. The van der Waals surface area contributed by atoms with Crippen molar-refractivity contribution in [3.8, 4) is 0 Å². The molecule has 1 unspecified atom stereocenters. The van der Waals surface area contributed by atoms with E-state index in [0.717, 1.165) is 12.8 Å². The monoisotopic (exact) mass is 234 g/mol. The normalized spacial score (nSPS) is 12.1. The molecule has 1 atom stereocenters. The number of benzene rings is 1. The van der Waals surface area contributed by atoms with E-state index in [1.54, 1.807) is 0 Å². The topological polar surface area (TPSA) is 55.1 Å². The second-order valence-corrected chi connectivity index (χ2v) is 4.21. The van der Waals surface area contributed by atoms with Crippen LogP contribution in [0.4, 0.5) is 0 Å². The molecular formula is C14H22N2O. The summed E-state index contributed by atoms with van der Waals surface area (Å²) in [7, 11) is 0. The average molecular weight is 234 g/mol. The highest BCUT2D eigenvalue weighted by Crippen LogP contribution is 2.22. The maximum Gasteiger partial charge on any atom is 0.220 e. The minimum Gasteiger partial charge on any atom is -0.356 e. The number of carbonyl (C=O) groups excluding carboxylic acids is 1. The van der Waals surface area contributed by atoms with E-state index in [1.807, 2.05) is 18.2 Å². The summed E-state index contributed by atoms with van der Waals surface area (Å²) in [5.74, 6) is 0.434. The van der Waals surface area contributed by atoms with Crippen LogP contribution in [0.5, 0.6) is 0 Å². The number of nitrogens with two attached hydrogens (primary N) is 1. The smallest absolute Gasteiger partial charge is 0.220 e. The lowest BCUT2D eigenvalue weighted by molar-refractivity contribution is -0.121. The van der Waals surface area contributed by atoms with Crippen LogP contribution in [-0.4, -0.2) is 19.0 Å². The molecule has 1 aromatic rings. The van der Waals surface area contributed by atoms with Gasteiger partial charge in [0.1, 0.15) is 0 Å². The third kappa shape index (κ3) is 5.00. The molecule has 0 aliphatic heterocycles. The largest absolute Gasteiger partial charge is 0.356 e. The zero-order valence-corrected chi connectivity index (χ0v) is 10.5. The molecule has 0 spiro atoms. The molecule has 0 radical (unpaired) electrons. The fourth-order valence-corrected chi connectivity index (χ4v) is 1.85. The molecule has 0 saturated carbocycles. The Kier molecular flexibility index (Phi) is 6.33. The molecule has 1 aromatic carbocycles. The zero-order valence-electron chi connectivity index (χ0n) is 10.5. The van der Waals surface area contributed by atoms with Gasteiger partial charge in [-0.3, -0.25) is 4.79 Å². The van der Waals surface area contributed by atoms with Gasteiger partial charge in [0.05, 0.1) is 0 Å². The Bertz CT molecular complexity index is 324. The summed E-state index contributed by atoms with van der Waals surface area (Å²) in [6.45, 7) is 3.42. The summed E-state index contributed by atoms with van der Waals surface area (Å²) in [4.78, 5) is 11.7. The van der Waals surface area contributed by atoms with Crippen molar-refractivity contribution < 1.29 is 4.79 Å². The van der Waals surface area contributed by atoms with Crippen LogP contribution in [0.15, 0.2) is 30.3 Å². The maximum absolute atomic E-state index is 11.7. The predicted octanol–water partition coefficient (Wildman–Crippen LogP) is 2.04. The molecule has 3 nitrogen and oxygen atoms in total. The number of rotatable bonds is 7. The van der Waals surface area contributed by atoms with E-state index in [-0.39, 0.29) is 5.91 Å². The first-order valence-electron chi connectivity index (χ1n) is 6.29. The molecule has 0 saturated heterocycles. The van der Waals surface area contributed by atoms with Crippen molar-refractivity contribution >= 4 is 5.91 Å². The number of hydrogen-bond acceptors (Lipinski definition) is 2. The van der Waals surface area contributed by atoms with E-state index in [9.17, 15) is 4.79 Å². The SMILES string of the molecule is CCC(CC(=O)NCCCN)c1ccccc1. The fourth-order valence-electron chi connectivity index (χ4n) is 1.85. The molecule has 1 rings (SSSR count). The first-order chi connectivity index (χ1) is 8.27. The molecule has 3 heteroatoms. The molecule has 1 amide bonds. The van der Waals surface area contributed by atoms with Crippen LogP contribution < -0.4 is 11.1 Å². The van der Waals surface area contributed by atoms with Crippen molar-refractivity contribution in [3.63, 3.8) is 0 Å². The lowest BCUT2D eigenvalue weighted by atomic mass is 9.93. The van der Waals surface area contributed by atoms with Gasteiger partial charge in [-0.15, -0.1) is 0 Å². The molecule has 0 aliphatic rings. The molecule has 3 N–H and O–H groups in total. The third-order valence-electron chi connectivity index (χ3n) is 2.90. The van der Waals surface area contributed by atoms with Gasteiger partial charge < -0.3 is 11.1 Å². The maximum atomic E-state index is 11.7. The van der Waals surface area contributed by atoms with E-state index in [0.29, 0.717) is 25.4 Å². The average Bonchev–Trinajstić information content (AvgIpc) is 2.37. The van der Waals surface area contributed by atoms with Crippen molar-refractivity contribution in [1.29, 1.82) is 0 Å². The first-order valence-corrected chi connectivity index (χ1v) is 6.29. The molecule has 0 bridgehead atoms. The second kappa shape index (κ2) is 7.85. The Morgan fingerprint density at radius 3 is 2.65 bits per heavy atom. The summed E-state index contributed by atoms with van der Waals surface area (Å²) < 4.78 is 0. The predicted molar refractivity (Wildman–Crippen MR) is 70.8 cm³/mol. The van der Waals surface area contributed by atoms with Crippen LogP contribution in [0.3, 0.4) is 0 Å². The lowest BCUT2D eigenvalue weighted by Gasteiger charge is -2.14. The highest BCUT2D eigenvalue weighted by Gasteiger charge is 2.13. The van der Waals surface area contributed by atoms with E-state index in [1.165, 1.54) is 5.56 Å². The molecule has 0 fully saturated rings. The summed E-state index contributed by atoms with van der Waals surface area (Å²) in [5.41, 5.74) is 6.62. The van der Waals surface area contributed by atoms with Crippen molar-refractivity contribution in [2.24, 2.45) is 5.73 Å². The van der Waals surface area contributed by atoms with Crippen molar-refractivity contribution in [3.05, 3.63) is 35.9 Å². The number of carbonyl (C=O) groups is 1. The molecule has 0 aromatic heterocycles. The van der Waals surface area contributed by atoms with Gasteiger partial charge in [0, 0.05) is 13.0 Å². The first kappa shape index (κ1) is 13.7. The van der Waals surface area contributed by atoms with Gasteiger partial charge in [-0.1, -0.05) is 37.3 Å². The molecule has 17 heavy (non-hydrogen) atoms. The van der Waals surface area contributed by atoms with Crippen LogP contribution in [0, 0.1) is 0 Å². The fraction of sp³-hybridized carbons (Fsp3) is 0.500. The summed E-state index contributed by atoms with van der Waals surface area (Å²) in [6.07, 6.45) is 2.38. The molecule has 0 heterocycles. The summed E-state index contributed by atoms with van der Waals surface area (Å²) in [6, 6.07) is 10.2. The van der Waals surface area contributed by atoms with Gasteiger partial charge in [0.25, 0.3) is 0 Å². The number of amides is 1. The van der Waals surface area contributed by atoms with E-state index in [2.05, 4.69) is 24.4 Å². The Morgan fingerprint density at radius 1 is 1.35 bits per heavy atom. The Labute approximate surface area is 103 Å². The van der Waals surface area contributed by atoms with Gasteiger partial charge >= 0.3 is 0 Å². The Balaban J connectivity index is 2.44. The standard InChI is InChI=1S/C14H22N2O/c1-2-12(13-7-4-3-5-8-13)11-14(17)16-10-6-9-15/h3-5,7-8,12H,2,6,9-11,15H2,1H3,(H,16,17). The lowest BCUT2D eigenvalue weighted by Crippen LogP contribution is -2.27. The van der Waals surface area contributed by atoms with Gasteiger partial charge in [-0.05, 0) is 30.9 Å². The van der Waals surface area contributed by atoms with E-state index < -0.39 is 0 Å². The number of hydrogen-bond donors (Lipinski definition) is 2. The Morgan fingerprint density at radius 2 is 2.06 bits per heavy atom. The van der Waals surface area contributed by atoms with E-state index in [4.69, 9.17) is 5.73 Å². The van der Waals surface area contributed by atoms with Gasteiger partial charge in [-0.25, -0.2) is 0 Å². The molecule has 94 valence electrons. The highest BCUT2D eigenvalue weighted by molar-refractivity contribution is 5.76. The van der Waals surface area contributed by atoms with Crippen LogP contribution in [0.25, 0.3) is 0 Å². The minimum atomic E-state index is 0.120. The molecule has 0 aliphatic carbocycles. The zero-order chi connectivity index (χ0) is 12.5. The van der Waals surface area contributed by atoms with Crippen LogP contribution >= 0.6 is 0 Å². The number of nitrogens with one attached hydrogen (secondary N) is 1. The summed E-state index contributed by atoms with van der Waals surface area (Å²) in [5, 5.41) is 2.90. The van der Waals surface area contributed by atoms with Crippen molar-refractivity contribution in [2.75, 3.05) is 13.1 Å². The van der Waals surface area contributed by atoms with Crippen LogP contribution in [0.1, 0.15) is 37.7 Å². The summed E-state index contributed by atoms with van der Waals surface area (Å²) >= 11 is 0. The Hall–Kier alpha value is -1.35. The van der Waals surface area contributed by atoms with Crippen molar-refractivity contribution in [1.82, 2.24) is 5.32 Å². The second-order valence-electron chi connectivity index (χ2n) is 4.21. The molecular weight excluding hydrogens is 212 g/mol. The third-order valence-corrected chi connectivity index (χ3v) is 2.90. The van der Waals surface area contributed by atoms with Crippen LogP contribution in [0.2, 0.25) is 0 Å². The van der Waals surface area contributed by atoms with Gasteiger partial charge in [-0.2, -0.15) is 0 Å².